The van der Waals surface area contributed by atoms with E-state index in [0.29, 0.717) is 49.9 Å². The summed E-state index contributed by atoms with van der Waals surface area (Å²) in [7, 11) is 0. The van der Waals surface area contributed by atoms with Crippen LogP contribution in [0, 0.1) is 0 Å². The topological polar surface area (TPSA) is 159 Å². The number of rotatable bonds is 14. The fourth-order valence-electron chi connectivity index (χ4n) is 3.02. The molecule has 5 N–H and O–H groups in total. The van der Waals surface area contributed by atoms with Crippen LogP contribution in [0.2, 0.25) is 0 Å². The molecule has 12 heteroatoms. The number of aromatic nitrogens is 3. The first-order valence-corrected chi connectivity index (χ1v) is 12.4. The van der Waals surface area contributed by atoms with E-state index in [-0.39, 0.29) is 18.4 Å². The van der Waals surface area contributed by atoms with Gasteiger partial charge in [0, 0.05) is 44.8 Å². The molecule has 0 radical (unpaired) electrons. The second-order valence-electron chi connectivity index (χ2n) is 9.23. The minimum atomic E-state index is -0.653. The average molecular weight is 515 g/mol. The Morgan fingerprint density at radius 2 is 1.68 bits per heavy atom. The molecule has 2 rings (SSSR count). The Labute approximate surface area is 217 Å². The fraction of sp³-hybridized carbons (Fsp3) is 0.520. The van der Waals surface area contributed by atoms with Crippen LogP contribution in [0.25, 0.3) is 0 Å². The maximum absolute atomic E-state index is 12.7. The van der Waals surface area contributed by atoms with Gasteiger partial charge in [-0.3, -0.25) is 14.6 Å². The van der Waals surface area contributed by atoms with Crippen LogP contribution < -0.4 is 26.6 Å². The van der Waals surface area contributed by atoms with Crippen LogP contribution >= 0.6 is 0 Å². The molecule has 0 unspecified atom stereocenters. The molecule has 2 aromatic heterocycles. The summed E-state index contributed by atoms with van der Waals surface area (Å²) in [6.07, 6.45) is 6.53. The molecule has 2 heterocycles. The molecule has 2 aromatic rings. The number of carbonyl (C=O) groups excluding carboxylic acids is 3. The summed E-state index contributed by atoms with van der Waals surface area (Å²) in [4.78, 5) is 49.0. The summed E-state index contributed by atoms with van der Waals surface area (Å²) < 4.78 is 5.08. The van der Waals surface area contributed by atoms with E-state index in [4.69, 9.17) is 4.74 Å². The monoisotopic (exact) mass is 514 g/mol. The van der Waals surface area contributed by atoms with Gasteiger partial charge in [-0.05, 0) is 57.7 Å². The molecule has 0 atom stereocenters. The molecule has 0 bridgehead atoms. The van der Waals surface area contributed by atoms with Crippen molar-refractivity contribution in [2.45, 2.75) is 52.6 Å². The van der Waals surface area contributed by atoms with Gasteiger partial charge in [-0.15, -0.1) is 0 Å². The zero-order chi connectivity index (χ0) is 27.1. The first kappa shape index (κ1) is 29.3. The number of hydrogen-bond donors (Lipinski definition) is 5. The van der Waals surface area contributed by atoms with Gasteiger partial charge in [0.15, 0.2) is 0 Å². The summed E-state index contributed by atoms with van der Waals surface area (Å²) in [5.41, 5.74) is 0.865. The van der Waals surface area contributed by atoms with Crippen molar-refractivity contribution in [1.29, 1.82) is 0 Å². The first-order chi connectivity index (χ1) is 17.7. The van der Waals surface area contributed by atoms with Gasteiger partial charge in [0.05, 0.1) is 6.54 Å². The molecular weight excluding hydrogens is 476 g/mol. The molecule has 0 spiro atoms. The zero-order valence-electron chi connectivity index (χ0n) is 22.0. The lowest BCUT2D eigenvalue weighted by Crippen LogP contribution is -2.40. The van der Waals surface area contributed by atoms with E-state index in [1.807, 2.05) is 19.1 Å². The van der Waals surface area contributed by atoms with Gasteiger partial charge in [0.25, 0.3) is 5.91 Å². The average Bonchev–Trinajstić information content (AvgIpc) is 2.85. The third kappa shape index (κ3) is 12.0. The molecule has 0 fully saturated rings. The summed E-state index contributed by atoms with van der Waals surface area (Å²) in [6, 6.07) is 3.91. The predicted molar refractivity (Wildman–Crippen MR) is 141 cm³/mol. The molecule has 3 amide bonds. The Bertz CT molecular complexity index is 1010. The van der Waals surface area contributed by atoms with E-state index in [9.17, 15) is 14.4 Å². The Hall–Kier alpha value is -3.96. The van der Waals surface area contributed by atoms with Crippen molar-refractivity contribution >= 4 is 29.7 Å². The van der Waals surface area contributed by atoms with Crippen molar-refractivity contribution in [2.24, 2.45) is 0 Å². The van der Waals surface area contributed by atoms with Gasteiger partial charge in [-0.25, -0.2) is 9.78 Å². The maximum atomic E-state index is 12.7. The second kappa shape index (κ2) is 15.2. The number of nitrogens with one attached hydrogen (secondary N) is 5. The van der Waals surface area contributed by atoms with Crippen LogP contribution in [-0.4, -0.2) is 71.2 Å². The van der Waals surface area contributed by atoms with E-state index in [2.05, 4.69) is 41.5 Å². The van der Waals surface area contributed by atoms with E-state index < -0.39 is 11.7 Å². The van der Waals surface area contributed by atoms with Crippen molar-refractivity contribution in [3.8, 4) is 0 Å². The molecule has 0 saturated heterocycles. The molecule has 0 aliphatic carbocycles. The number of anilines is 2. The minimum absolute atomic E-state index is 0.186. The van der Waals surface area contributed by atoms with Gasteiger partial charge in [-0.1, -0.05) is 6.92 Å². The summed E-state index contributed by atoms with van der Waals surface area (Å²) in [5, 5.41) is 14.3. The van der Waals surface area contributed by atoms with Gasteiger partial charge in [0.1, 0.15) is 17.0 Å². The van der Waals surface area contributed by atoms with E-state index in [1.165, 1.54) is 6.20 Å². The Morgan fingerprint density at radius 3 is 2.38 bits per heavy atom. The molecule has 0 aliphatic heterocycles. The lowest BCUT2D eigenvalue weighted by atomic mass is 10.2. The minimum Gasteiger partial charge on any atom is -0.444 e. The van der Waals surface area contributed by atoms with Crippen LogP contribution in [0.4, 0.5) is 16.6 Å². The number of carbonyl (C=O) groups is 3. The molecule has 0 aromatic carbocycles. The van der Waals surface area contributed by atoms with E-state index >= 15 is 0 Å². The number of pyridine rings is 1. The Kier molecular flexibility index (Phi) is 12.0. The highest BCUT2D eigenvalue weighted by Crippen LogP contribution is 2.14. The number of amides is 3. The Morgan fingerprint density at radius 1 is 0.946 bits per heavy atom. The highest BCUT2D eigenvalue weighted by molar-refractivity contribution is 5.98. The van der Waals surface area contributed by atoms with Gasteiger partial charge in [-0.2, -0.15) is 4.98 Å². The lowest BCUT2D eigenvalue weighted by Gasteiger charge is -2.19. The standard InChI is InChI=1S/C25H38N8O4/c1-5-10-28-21-19(16-31-23(33-21)30-15-9-18-7-13-26-14-8-18)22(35)29-12-6-11-27-20(34)17-32-24(36)37-25(2,3)4/h7-8,13-14,16H,5-6,9-12,15,17H2,1-4H3,(H,27,34)(H,29,35)(H,32,36)(H2,28,30,31,33). The van der Waals surface area contributed by atoms with Crippen molar-refractivity contribution in [1.82, 2.24) is 30.9 Å². The predicted octanol–water partition coefficient (Wildman–Crippen LogP) is 2.11. The van der Waals surface area contributed by atoms with Gasteiger partial charge in [0.2, 0.25) is 11.9 Å². The van der Waals surface area contributed by atoms with Crippen molar-refractivity contribution < 1.29 is 19.1 Å². The quantitative estimate of drug-likeness (QED) is 0.238. The van der Waals surface area contributed by atoms with Gasteiger partial charge < -0.3 is 31.3 Å². The lowest BCUT2D eigenvalue weighted by molar-refractivity contribution is -0.120. The second-order valence-corrected chi connectivity index (χ2v) is 9.23. The van der Waals surface area contributed by atoms with E-state index in [1.54, 1.807) is 33.2 Å². The highest BCUT2D eigenvalue weighted by atomic mass is 16.6. The SMILES string of the molecule is CCCNc1nc(NCCc2ccncc2)ncc1C(=O)NCCCNC(=O)CNC(=O)OC(C)(C)C. The third-order valence-corrected chi connectivity index (χ3v) is 4.78. The normalized spacial score (nSPS) is 10.8. The number of ether oxygens (including phenoxy) is 1. The van der Waals surface area contributed by atoms with Crippen molar-refractivity contribution in [3.05, 3.63) is 41.9 Å². The van der Waals surface area contributed by atoms with Crippen LogP contribution in [-0.2, 0) is 16.0 Å². The summed E-state index contributed by atoms with van der Waals surface area (Å²) in [6.45, 7) is 9.06. The molecule has 0 saturated carbocycles. The van der Waals surface area contributed by atoms with E-state index in [0.717, 1.165) is 18.4 Å². The van der Waals surface area contributed by atoms with Crippen molar-refractivity contribution in [2.75, 3.05) is 43.4 Å². The maximum Gasteiger partial charge on any atom is 0.408 e. The number of hydrogen-bond acceptors (Lipinski definition) is 9. The highest BCUT2D eigenvalue weighted by Gasteiger charge is 2.17. The smallest absolute Gasteiger partial charge is 0.408 e. The molecular formula is C25H38N8O4. The van der Waals surface area contributed by atoms with Crippen LogP contribution in [0.1, 0.15) is 56.5 Å². The fourth-order valence-corrected chi connectivity index (χ4v) is 3.02. The van der Waals surface area contributed by atoms with Crippen LogP contribution in [0.15, 0.2) is 30.7 Å². The first-order valence-electron chi connectivity index (χ1n) is 12.4. The van der Waals surface area contributed by atoms with Crippen LogP contribution in [0.5, 0.6) is 0 Å². The number of nitrogens with zero attached hydrogens (tertiary/aromatic N) is 3. The third-order valence-electron chi connectivity index (χ3n) is 4.78. The number of alkyl carbamates (subject to hydrolysis) is 1. The Balaban J connectivity index is 1.76. The molecule has 12 nitrogen and oxygen atoms in total. The largest absolute Gasteiger partial charge is 0.444 e. The molecule has 0 aliphatic rings. The zero-order valence-corrected chi connectivity index (χ0v) is 22.0. The van der Waals surface area contributed by atoms with Crippen molar-refractivity contribution in [3.63, 3.8) is 0 Å². The summed E-state index contributed by atoms with van der Waals surface area (Å²) >= 11 is 0. The van der Waals surface area contributed by atoms with Crippen LogP contribution in [0.3, 0.4) is 0 Å². The molecule has 202 valence electrons. The summed E-state index contributed by atoms with van der Waals surface area (Å²) in [5.74, 6) is 0.248. The van der Waals surface area contributed by atoms with Gasteiger partial charge >= 0.3 is 6.09 Å². The molecule has 37 heavy (non-hydrogen) atoms.